The van der Waals surface area contributed by atoms with Gasteiger partial charge in [0.1, 0.15) is 10.5 Å². The zero-order valence-electron chi connectivity index (χ0n) is 10.3. The molecule has 1 atom stereocenters. The van der Waals surface area contributed by atoms with E-state index in [0.717, 1.165) is 16.2 Å². The molecule has 2 N–H and O–H groups in total. The molecule has 0 aromatic carbocycles. The number of fused-ring (bicyclic) bond motifs is 1. The molecular weight excluding hydrogens is 284 g/mol. The number of hydrogen-bond acceptors (Lipinski definition) is 6. The third kappa shape index (κ3) is 2.39. The van der Waals surface area contributed by atoms with Crippen LogP contribution in [-0.4, -0.2) is 24.9 Å². The van der Waals surface area contributed by atoms with Gasteiger partial charge >= 0.3 is 0 Å². The van der Waals surface area contributed by atoms with Crippen LogP contribution >= 0.6 is 22.9 Å². The summed E-state index contributed by atoms with van der Waals surface area (Å²) >= 11 is 7.50. The summed E-state index contributed by atoms with van der Waals surface area (Å²) in [6.07, 6.45) is 1.57. The average molecular weight is 295 g/mol. The third-order valence-corrected chi connectivity index (χ3v) is 3.93. The first-order valence-corrected chi connectivity index (χ1v) is 6.94. The summed E-state index contributed by atoms with van der Waals surface area (Å²) in [6, 6.07) is 0.0381. The minimum atomic E-state index is 0.0381. The summed E-state index contributed by atoms with van der Waals surface area (Å²) in [5.41, 5.74) is 2.30. The fourth-order valence-corrected chi connectivity index (χ4v) is 2.72. The van der Waals surface area contributed by atoms with Gasteiger partial charge in [0.2, 0.25) is 5.28 Å². The predicted molar refractivity (Wildman–Crippen MR) is 75.6 cm³/mol. The van der Waals surface area contributed by atoms with Gasteiger partial charge in [0.25, 0.3) is 0 Å². The van der Waals surface area contributed by atoms with Gasteiger partial charge in [-0.25, -0.2) is 9.97 Å². The number of nitrogens with zero attached hydrogens (tertiary/aromatic N) is 4. The Hall–Kier alpha value is -1.73. The smallest absolute Gasteiger partial charge is 0.226 e. The van der Waals surface area contributed by atoms with Crippen molar-refractivity contribution >= 4 is 39.9 Å². The molecule has 0 aliphatic heterocycles. The van der Waals surface area contributed by atoms with Crippen molar-refractivity contribution in [1.82, 2.24) is 24.9 Å². The molecule has 3 aromatic rings. The van der Waals surface area contributed by atoms with E-state index in [4.69, 9.17) is 11.6 Å². The number of aromatic nitrogens is 5. The fourth-order valence-electron chi connectivity index (χ4n) is 1.75. The standard InChI is InChI=1S/C11H11ClN6S/c1-5-3-19-10(15-5)6(2)16-9-7-8(14-4-13-7)17-11(12)18-9/h3-4,6H,1-2H3,(H2,13,14,16,17,18). The summed E-state index contributed by atoms with van der Waals surface area (Å²) < 4.78 is 0. The number of H-pyrrole nitrogens is 1. The van der Waals surface area contributed by atoms with Gasteiger partial charge in [-0.05, 0) is 25.4 Å². The lowest BCUT2D eigenvalue weighted by Crippen LogP contribution is -2.08. The first-order chi connectivity index (χ1) is 9.13. The third-order valence-electron chi connectivity index (χ3n) is 2.62. The summed E-state index contributed by atoms with van der Waals surface area (Å²) in [6.45, 7) is 4.00. The molecule has 0 radical (unpaired) electrons. The zero-order chi connectivity index (χ0) is 13.4. The van der Waals surface area contributed by atoms with Gasteiger partial charge in [0, 0.05) is 11.1 Å². The van der Waals surface area contributed by atoms with Gasteiger partial charge in [-0.15, -0.1) is 11.3 Å². The van der Waals surface area contributed by atoms with Gasteiger partial charge < -0.3 is 10.3 Å². The Balaban J connectivity index is 1.94. The largest absolute Gasteiger partial charge is 0.359 e. The van der Waals surface area contributed by atoms with Crippen molar-refractivity contribution in [2.45, 2.75) is 19.9 Å². The number of thiazole rings is 1. The van der Waals surface area contributed by atoms with Crippen LogP contribution in [0.4, 0.5) is 5.82 Å². The Morgan fingerprint density at radius 2 is 2.21 bits per heavy atom. The molecule has 0 saturated heterocycles. The minimum Gasteiger partial charge on any atom is -0.359 e. The van der Waals surface area contributed by atoms with E-state index in [0.29, 0.717) is 11.5 Å². The Kier molecular flexibility index (Phi) is 3.08. The summed E-state index contributed by atoms with van der Waals surface area (Å²) in [5, 5.41) is 6.47. The number of imidazole rings is 1. The van der Waals surface area contributed by atoms with Crippen LogP contribution < -0.4 is 5.32 Å². The number of hydrogen-bond donors (Lipinski definition) is 2. The van der Waals surface area contributed by atoms with E-state index in [1.807, 2.05) is 19.2 Å². The number of aromatic amines is 1. The summed E-state index contributed by atoms with van der Waals surface area (Å²) in [4.78, 5) is 19.8. The number of anilines is 1. The average Bonchev–Trinajstić information content (AvgIpc) is 2.97. The molecule has 98 valence electrons. The predicted octanol–water partition coefficient (Wildman–Crippen LogP) is 2.94. The molecular formula is C11H11ClN6S. The van der Waals surface area contributed by atoms with Crippen molar-refractivity contribution in [3.05, 3.63) is 27.7 Å². The number of aryl methyl sites for hydroxylation is 1. The highest BCUT2D eigenvalue weighted by molar-refractivity contribution is 7.09. The Morgan fingerprint density at radius 3 is 2.95 bits per heavy atom. The minimum absolute atomic E-state index is 0.0381. The van der Waals surface area contributed by atoms with Crippen LogP contribution in [0.1, 0.15) is 23.7 Å². The SMILES string of the molecule is Cc1csc(C(C)Nc2nc(Cl)nc3nc[nH]c23)n1. The second-order valence-corrected chi connectivity index (χ2v) is 5.36. The van der Waals surface area contributed by atoms with Gasteiger partial charge in [0.05, 0.1) is 12.4 Å². The topological polar surface area (TPSA) is 79.4 Å². The molecule has 0 fully saturated rings. The van der Waals surface area contributed by atoms with Gasteiger partial charge in [-0.2, -0.15) is 9.97 Å². The van der Waals surface area contributed by atoms with Gasteiger partial charge in [0.15, 0.2) is 11.5 Å². The normalized spacial score (nSPS) is 12.8. The molecule has 0 spiro atoms. The van der Waals surface area contributed by atoms with E-state index in [9.17, 15) is 0 Å². The highest BCUT2D eigenvalue weighted by atomic mass is 35.5. The van der Waals surface area contributed by atoms with Crippen molar-refractivity contribution in [2.75, 3.05) is 5.32 Å². The molecule has 19 heavy (non-hydrogen) atoms. The van der Waals surface area contributed by atoms with Crippen LogP contribution in [0.5, 0.6) is 0 Å². The monoisotopic (exact) mass is 294 g/mol. The Bertz CT molecular complexity index is 721. The molecule has 6 nitrogen and oxygen atoms in total. The van der Waals surface area contributed by atoms with Crippen molar-refractivity contribution < 1.29 is 0 Å². The molecule has 0 aliphatic carbocycles. The van der Waals surface area contributed by atoms with E-state index >= 15 is 0 Å². The van der Waals surface area contributed by atoms with Crippen LogP contribution in [0.15, 0.2) is 11.7 Å². The number of halogens is 1. The van der Waals surface area contributed by atoms with Gasteiger partial charge in [-0.1, -0.05) is 0 Å². The van der Waals surface area contributed by atoms with Crippen LogP contribution in [0, 0.1) is 6.92 Å². The molecule has 3 aromatic heterocycles. The maximum absolute atomic E-state index is 5.89. The fraction of sp³-hybridized carbons (Fsp3) is 0.273. The molecule has 0 aliphatic rings. The number of rotatable bonds is 3. The van der Waals surface area contributed by atoms with Crippen LogP contribution in [0.2, 0.25) is 5.28 Å². The summed E-state index contributed by atoms with van der Waals surface area (Å²) in [5.74, 6) is 0.632. The second-order valence-electron chi connectivity index (χ2n) is 4.14. The first kappa shape index (κ1) is 12.3. The molecule has 0 amide bonds. The Morgan fingerprint density at radius 1 is 1.37 bits per heavy atom. The molecule has 0 saturated carbocycles. The van der Waals surface area contributed by atoms with Crippen LogP contribution in [0.3, 0.4) is 0 Å². The lowest BCUT2D eigenvalue weighted by Gasteiger charge is -2.12. The highest BCUT2D eigenvalue weighted by Gasteiger charge is 2.14. The second kappa shape index (κ2) is 4.75. The maximum Gasteiger partial charge on any atom is 0.226 e. The lowest BCUT2D eigenvalue weighted by atomic mass is 10.3. The van der Waals surface area contributed by atoms with E-state index in [1.165, 1.54) is 0 Å². The molecule has 3 heterocycles. The van der Waals surface area contributed by atoms with Gasteiger partial charge in [-0.3, -0.25) is 0 Å². The van der Waals surface area contributed by atoms with Crippen molar-refractivity contribution in [3.8, 4) is 0 Å². The van der Waals surface area contributed by atoms with Crippen molar-refractivity contribution in [3.63, 3.8) is 0 Å². The number of nitrogens with one attached hydrogen (secondary N) is 2. The lowest BCUT2D eigenvalue weighted by molar-refractivity contribution is 0.856. The van der Waals surface area contributed by atoms with Crippen LogP contribution in [0.25, 0.3) is 11.2 Å². The van der Waals surface area contributed by atoms with E-state index in [-0.39, 0.29) is 11.3 Å². The van der Waals surface area contributed by atoms with Crippen molar-refractivity contribution in [2.24, 2.45) is 0 Å². The maximum atomic E-state index is 5.89. The Labute approximate surface area is 118 Å². The van der Waals surface area contributed by atoms with E-state index in [1.54, 1.807) is 17.7 Å². The molecule has 8 heteroatoms. The zero-order valence-corrected chi connectivity index (χ0v) is 11.9. The first-order valence-electron chi connectivity index (χ1n) is 5.68. The molecule has 3 rings (SSSR count). The molecule has 1 unspecified atom stereocenters. The van der Waals surface area contributed by atoms with E-state index < -0.39 is 0 Å². The highest BCUT2D eigenvalue weighted by Crippen LogP contribution is 2.25. The molecule has 0 bridgehead atoms. The quantitative estimate of drug-likeness (QED) is 0.726. The van der Waals surface area contributed by atoms with Crippen molar-refractivity contribution in [1.29, 1.82) is 0 Å². The van der Waals surface area contributed by atoms with E-state index in [2.05, 4.69) is 30.2 Å². The van der Waals surface area contributed by atoms with Crippen LogP contribution in [-0.2, 0) is 0 Å². The summed E-state index contributed by atoms with van der Waals surface area (Å²) in [7, 11) is 0.